The maximum atomic E-state index is 10.8. The number of fused-ring (bicyclic) bond motifs is 1. The molecule has 3 nitrogen and oxygen atoms in total. The van der Waals surface area contributed by atoms with E-state index in [1.807, 2.05) is 6.92 Å². The summed E-state index contributed by atoms with van der Waals surface area (Å²) in [5, 5.41) is 19.6. The van der Waals surface area contributed by atoms with E-state index in [1.165, 1.54) is 18.9 Å². The molecule has 0 aliphatic heterocycles. The number of aliphatic hydroxyl groups is 1. The standard InChI is InChI=1S/C20H32O3/c1-13(11-17(22)23)7-8-15-14(2)12-16(21)18-19(3,4)9-6-10-20(15,18)5/h11,15-16,18,21H,2,6-10,12H2,1,3-5H3,(H,22,23)/b13-11+/t15-,16+,18-,20+/m0/s1. The summed E-state index contributed by atoms with van der Waals surface area (Å²) >= 11 is 0. The van der Waals surface area contributed by atoms with Crippen molar-refractivity contribution in [1.82, 2.24) is 0 Å². The van der Waals surface area contributed by atoms with Crippen molar-refractivity contribution >= 4 is 5.97 Å². The van der Waals surface area contributed by atoms with Crippen molar-refractivity contribution in [2.45, 2.75) is 72.3 Å². The predicted molar refractivity (Wildman–Crippen MR) is 93.1 cm³/mol. The molecule has 4 atom stereocenters. The van der Waals surface area contributed by atoms with Crippen LogP contribution in [0, 0.1) is 22.7 Å². The Morgan fingerprint density at radius 1 is 1.35 bits per heavy atom. The molecule has 0 bridgehead atoms. The van der Waals surface area contributed by atoms with E-state index in [4.69, 9.17) is 5.11 Å². The number of aliphatic hydroxyl groups excluding tert-OH is 1. The van der Waals surface area contributed by atoms with Gasteiger partial charge in [-0.1, -0.05) is 44.9 Å². The van der Waals surface area contributed by atoms with Gasteiger partial charge in [0.2, 0.25) is 0 Å². The molecule has 0 aromatic rings. The molecule has 0 heterocycles. The molecule has 0 aromatic heterocycles. The number of aliphatic carboxylic acids is 1. The van der Waals surface area contributed by atoms with Gasteiger partial charge >= 0.3 is 5.97 Å². The molecule has 2 aliphatic rings. The van der Waals surface area contributed by atoms with Crippen molar-refractivity contribution < 1.29 is 15.0 Å². The van der Waals surface area contributed by atoms with Crippen LogP contribution in [0.25, 0.3) is 0 Å². The third-order valence-electron chi connectivity index (χ3n) is 6.43. The summed E-state index contributed by atoms with van der Waals surface area (Å²) in [6.45, 7) is 13.1. The van der Waals surface area contributed by atoms with Crippen LogP contribution in [0.2, 0.25) is 0 Å². The van der Waals surface area contributed by atoms with E-state index < -0.39 is 5.97 Å². The van der Waals surface area contributed by atoms with E-state index in [0.717, 1.165) is 30.4 Å². The number of carboxylic acids is 1. The van der Waals surface area contributed by atoms with Gasteiger partial charge in [-0.05, 0) is 61.7 Å². The Hall–Kier alpha value is -1.09. The Morgan fingerprint density at radius 3 is 2.61 bits per heavy atom. The molecule has 2 fully saturated rings. The lowest BCUT2D eigenvalue weighted by Gasteiger charge is -2.59. The Morgan fingerprint density at radius 2 is 2.00 bits per heavy atom. The van der Waals surface area contributed by atoms with E-state index in [0.29, 0.717) is 18.3 Å². The highest BCUT2D eigenvalue weighted by atomic mass is 16.4. The van der Waals surface area contributed by atoms with Crippen molar-refractivity contribution in [1.29, 1.82) is 0 Å². The van der Waals surface area contributed by atoms with Crippen LogP contribution in [0.1, 0.15) is 66.2 Å². The summed E-state index contributed by atoms with van der Waals surface area (Å²) in [7, 11) is 0. The molecule has 0 unspecified atom stereocenters. The number of allylic oxidation sites excluding steroid dienone is 1. The van der Waals surface area contributed by atoms with Gasteiger partial charge in [0.25, 0.3) is 0 Å². The van der Waals surface area contributed by atoms with Gasteiger partial charge < -0.3 is 10.2 Å². The lowest BCUT2D eigenvalue weighted by Crippen LogP contribution is -2.55. The van der Waals surface area contributed by atoms with Crippen molar-refractivity contribution in [3.63, 3.8) is 0 Å². The van der Waals surface area contributed by atoms with Crippen LogP contribution in [-0.4, -0.2) is 22.3 Å². The molecule has 2 rings (SSSR count). The van der Waals surface area contributed by atoms with Gasteiger partial charge in [-0.25, -0.2) is 4.79 Å². The molecule has 0 aromatic carbocycles. The number of hydrogen-bond donors (Lipinski definition) is 2. The summed E-state index contributed by atoms with van der Waals surface area (Å²) in [6.07, 6.45) is 6.92. The van der Waals surface area contributed by atoms with E-state index in [9.17, 15) is 9.90 Å². The number of rotatable bonds is 4. The first-order valence-electron chi connectivity index (χ1n) is 8.84. The van der Waals surface area contributed by atoms with Crippen molar-refractivity contribution in [2.24, 2.45) is 22.7 Å². The highest BCUT2D eigenvalue weighted by molar-refractivity contribution is 5.80. The minimum absolute atomic E-state index is 0.0694. The number of carbonyl (C=O) groups is 1. The van der Waals surface area contributed by atoms with E-state index in [-0.39, 0.29) is 16.9 Å². The molecule has 2 N–H and O–H groups in total. The third-order valence-corrected chi connectivity index (χ3v) is 6.43. The summed E-state index contributed by atoms with van der Waals surface area (Å²) in [5.74, 6) is -0.209. The first-order valence-corrected chi connectivity index (χ1v) is 8.84. The monoisotopic (exact) mass is 320 g/mol. The predicted octanol–water partition coefficient (Wildman–Crippen LogP) is 4.57. The van der Waals surface area contributed by atoms with Crippen LogP contribution < -0.4 is 0 Å². The van der Waals surface area contributed by atoms with Gasteiger partial charge in [-0.3, -0.25) is 0 Å². The Balaban J connectivity index is 2.24. The van der Waals surface area contributed by atoms with Gasteiger partial charge in [0.15, 0.2) is 0 Å². The second-order valence-corrected chi connectivity index (χ2v) is 8.68. The highest BCUT2D eigenvalue weighted by Crippen LogP contribution is 2.61. The lowest BCUT2D eigenvalue weighted by molar-refractivity contribution is -0.131. The average Bonchev–Trinajstić information content (AvgIpc) is 2.34. The normalized spacial score (nSPS) is 37.3. The minimum Gasteiger partial charge on any atom is -0.478 e. The zero-order valence-corrected chi connectivity index (χ0v) is 15.1. The highest BCUT2D eigenvalue weighted by Gasteiger charge is 2.56. The van der Waals surface area contributed by atoms with Crippen LogP contribution in [-0.2, 0) is 4.79 Å². The molecule has 2 saturated carbocycles. The average molecular weight is 320 g/mol. The van der Waals surface area contributed by atoms with Crippen molar-refractivity contribution in [2.75, 3.05) is 0 Å². The van der Waals surface area contributed by atoms with Crippen LogP contribution in [0.15, 0.2) is 23.8 Å². The summed E-state index contributed by atoms with van der Waals surface area (Å²) < 4.78 is 0. The fourth-order valence-corrected chi connectivity index (χ4v) is 5.66. The minimum atomic E-state index is -0.872. The fraction of sp³-hybridized carbons (Fsp3) is 0.750. The van der Waals surface area contributed by atoms with E-state index in [2.05, 4.69) is 27.4 Å². The van der Waals surface area contributed by atoms with Crippen molar-refractivity contribution in [3.05, 3.63) is 23.8 Å². The van der Waals surface area contributed by atoms with E-state index >= 15 is 0 Å². The van der Waals surface area contributed by atoms with Crippen LogP contribution in [0.4, 0.5) is 0 Å². The van der Waals surface area contributed by atoms with Gasteiger partial charge in [0, 0.05) is 6.08 Å². The van der Waals surface area contributed by atoms with Crippen LogP contribution in [0.5, 0.6) is 0 Å². The van der Waals surface area contributed by atoms with Gasteiger partial charge in [0.1, 0.15) is 0 Å². The molecule has 0 spiro atoms. The molecular weight excluding hydrogens is 288 g/mol. The summed E-state index contributed by atoms with van der Waals surface area (Å²) in [5.41, 5.74) is 2.28. The summed E-state index contributed by atoms with van der Waals surface area (Å²) in [4.78, 5) is 10.8. The van der Waals surface area contributed by atoms with E-state index in [1.54, 1.807) is 0 Å². The lowest BCUT2D eigenvalue weighted by atomic mass is 9.46. The van der Waals surface area contributed by atoms with Crippen molar-refractivity contribution in [3.8, 4) is 0 Å². The first-order chi connectivity index (χ1) is 10.6. The maximum absolute atomic E-state index is 10.8. The SMILES string of the molecule is C=C1C[C@@H](O)[C@H]2C(C)(C)CCC[C@]2(C)[C@H]1CC/C(C)=C/C(=O)O. The first kappa shape index (κ1) is 18.3. The number of hydrogen-bond acceptors (Lipinski definition) is 2. The second kappa shape index (κ2) is 6.43. The Kier molecular flexibility index (Phi) is 5.10. The second-order valence-electron chi connectivity index (χ2n) is 8.68. The molecular formula is C20H32O3. The zero-order chi connectivity index (χ0) is 17.4. The van der Waals surface area contributed by atoms with Crippen LogP contribution >= 0.6 is 0 Å². The smallest absolute Gasteiger partial charge is 0.328 e. The molecule has 0 saturated heterocycles. The Labute approximate surface area is 140 Å². The van der Waals surface area contributed by atoms with Gasteiger partial charge in [-0.2, -0.15) is 0 Å². The summed E-state index contributed by atoms with van der Waals surface area (Å²) in [6, 6.07) is 0. The fourth-order valence-electron chi connectivity index (χ4n) is 5.66. The van der Waals surface area contributed by atoms with Gasteiger partial charge in [-0.15, -0.1) is 0 Å². The van der Waals surface area contributed by atoms with Gasteiger partial charge in [0.05, 0.1) is 6.10 Å². The maximum Gasteiger partial charge on any atom is 0.328 e. The molecule has 130 valence electrons. The largest absolute Gasteiger partial charge is 0.478 e. The molecule has 23 heavy (non-hydrogen) atoms. The zero-order valence-electron chi connectivity index (χ0n) is 15.1. The molecule has 2 aliphatic carbocycles. The Bertz CT molecular complexity index is 517. The third kappa shape index (κ3) is 3.55. The number of carboxylic acid groups (broad SMARTS) is 1. The topological polar surface area (TPSA) is 57.5 Å². The molecule has 0 radical (unpaired) electrons. The van der Waals surface area contributed by atoms with Crippen LogP contribution in [0.3, 0.4) is 0 Å². The quantitative estimate of drug-likeness (QED) is 0.589. The molecule has 3 heteroatoms. The molecule has 0 amide bonds.